The van der Waals surface area contributed by atoms with E-state index in [2.05, 4.69) is 19.2 Å². The Labute approximate surface area is 103 Å². The van der Waals surface area contributed by atoms with E-state index < -0.39 is 0 Å². The second-order valence-electron chi connectivity index (χ2n) is 4.30. The lowest BCUT2D eigenvalue weighted by Gasteiger charge is -2.05. The summed E-state index contributed by atoms with van der Waals surface area (Å²) in [5.74, 6) is 1.83. The van der Waals surface area contributed by atoms with Crippen molar-refractivity contribution in [1.29, 1.82) is 0 Å². The summed E-state index contributed by atoms with van der Waals surface area (Å²) >= 11 is 0. The molecule has 0 aliphatic heterocycles. The third-order valence-corrected chi connectivity index (χ3v) is 2.28. The molecule has 0 saturated heterocycles. The highest BCUT2D eigenvalue weighted by Gasteiger charge is 2.02. The molecule has 1 N–H and O–H groups in total. The van der Waals surface area contributed by atoms with E-state index in [9.17, 15) is 0 Å². The molecule has 1 aromatic heterocycles. The van der Waals surface area contributed by atoms with Crippen LogP contribution < -0.4 is 5.32 Å². The van der Waals surface area contributed by atoms with Gasteiger partial charge in [0.25, 0.3) is 0 Å². The Morgan fingerprint density at radius 1 is 1.24 bits per heavy atom. The maximum Gasteiger partial charge on any atom is 0.129 e. The molecule has 4 heteroatoms. The van der Waals surface area contributed by atoms with Crippen LogP contribution in [-0.2, 0) is 22.6 Å². The summed E-state index contributed by atoms with van der Waals surface area (Å²) in [6, 6.07) is 4.42. The summed E-state index contributed by atoms with van der Waals surface area (Å²) in [5.41, 5.74) is 0. The van der Waals surface area contributed by atoms with E-state index in [-0.39, 0.29) is 0 Å². The average Bonchev–Trinajstić information content (AvgIpc) is 2.74. The van der Waals surface area contributed by atoms with Crippen molar-refractivity contribution < 1.29 is 13.9 Å². The molecule has 4 nitrogen and oxygen atoms in total. The standard InChI is InChI=1S/C13H23NO3/c1-11(2)14-9-12-5-6-13(17-12)10-16-8-4-7-15-3/h5-6,11,14H,4,7-10H2,1-3H3. The fourth-order valence-electron chi connectivity index (χ4n) is 1.38. The smallest absolute Gasteiger partial charge is 0.129 e. The van der Waals surface area contributed by atoms with Gasteiger partial charge in [-0.2, -0.15) is 0 Å². The molecule has 0 bridgehead atoms. The summed E-state index contributed by atoms with van der Waals surface area (Å²) in [4.78, 5) is 0. The molecule has 0 spiro atoms. The van der Waals surface area contributed by atoms with Gasteiger partial charge in [-0.25, -0.2) is 0 Å². The summed E-state index contributed by atoms with van der Waals surface area (Å²) in [7, 11) is 1.69. The van der Waals surface area contributed by atoms with E-state index in [0.717, 1.165) is 31.1 Å². The van der Waals surface area contributed by atoms with Gasteiger partial charge < -0.3 is 19.2 Å². The second kappa shape index (κ2) is 8.28. The first kappa shape index (κ1) is 14.2. The predicted molar refractivity (Wildman–Crippen MR) is 66.8 cm³/mol. The zero-order valence-corrected chi connectivity index (χ0v) is 11.0. The monoisotopic (exact) mass is 241 g/mol. The van der Waals surface area contributed by atoms with E-state index in [1.807, 2.05) is 12.1 Å². The number of furan rings is 1. The van der Waals surface area contributed by atoms with Crippen molar-refractivity contribution in [2.75, 3.05) is 20.3 Å². The lowest BCUT2D eigenvalue weighted by molar-refractivity contribution is 0.0820. The van der Waals surface area contributed by atoms with Gasteiger partial charge in [-0.15, -0.1) is 0 Å². The van der Waals surface area contributed by atoms with Gasteiger partial charge in [0.05, 0.1) is 6.54 Å². The SMILES string of the molecule is COCCCOCc1ccc(CNC(C)C)o1. The van der Waals surface area contributed by atoms with Crippen molar-refractivity contribution in [2.45, 2.75) is 39.5 Å². The molecular formula is C13H23NO3. The van der Waals surface area contributed by atoms with Crippen LogP contribution >= 0.6 is 0 Å². The Bertz CT molecular complexity index is 297. The Balaban J connectivity index is 2.17. The topological polar surface area (TPSA) is 43.6 Å². The molecule has 0 unspecified atom stereocenters. The molecule has 0 radical (unpaired) electrons. The Morgan fingerprint density at radius 2 is 2.00 bits per heavy atom. The summed E-state index contributed by atoms with van der Waals surface area (Å²) in [5, 5.41) is 3.31. The van der Waals surface area contributed by atoms with E-state index in [1.54, 1.807) is 7.11 Å². The minimum Gasteiger partial charge on any atom is -0.462 e. The highest BCUT2D eigenvalue weighted by molar-refractivity contribution is 5.06. The summed E-state index contributed by atoms with van der Waals surface area (Å²) in [6.45, 7) is 6.97. The van der Waals surface area contributed by atoms with Crippen molar-refractivity contribution in [3.63, 3.8) is 0 Å². The normalized spacial score (nSPS) is 11.3. The number of methoxy groups -OCH3 is 1. The number of hydrogen-bond acceptors (Lipinski definition) is 4. The van der Waals surface area contributed by atoms with E-state index >= 15 is 0 Å². The molecule has 98 valence electrons. The van der Waals surface area contributed by atoms with Crippen LogP contribution in [-0.4, -0.2) is 26.4 Å². The second-order valence-corrected chi connectivity index (χ2v) is 4.30. The third kappa shape index (κ3) is 6.46. The van der Waals surface area contributed by atoms with Crippen molar-refractivity contribution in [3.8, 4) is 0 Å². The first-order chi connectivity index (χ1) is 8.22. The lowest BCUT2D eigenvalue weighted by atomic mass is 10.3. The molecule has 0 aliphatic carbocycles. The molecule has 0 atom stereocenters. The molecule has 1 aromatic rings. The van der Waals surface area contributed by atoms with Gasteiger partial charge in [-0.05, 0) is 18.6 Å². The Kier molecular flexibility index (Phi) is 6.93. The number of nitrogens with one attached hydrogen (secondary N) is 1. The van der Waals surface area contributed by atoms with E-state index in [1.165, 1.54) is 0 Å². The molecule has 0 aromatic carbocycles. The minimum atomic E-state index is 0.467. The highest BCUT2D eigenvalue weighted by Crippen LogP contribution is 2.09. The highest BCUT2D eigenvalue weighted by atomic mass is 16.5. The maximum atomic E-state index is 5.62. The van der Waals surface area contributed by atoms with Gasteiger partial charge in [0, 0.05) is 26.4 Å². The predicted octanol–water partition coefficient (Wildman–Crippen LogP) is 2.33. The quantitative estimate of drug-likeness (QED) is 0.674. The van der Waals surface area contributed by atoms with Crippen LogP contribution in [0.25, 0.3) is 0 Å². The first-order valence-electron chi connectivity index (χ1n) is 6.10. The lowest BCUT2D eigenvalue weighted by Crippen LogP contribution is -2.21. The van der Waals surface area contributed by atoms with Crippen LogP contribution in [0.2, 0.25) is 0 Å². The van der Waals surface area contributed by atoms with E-state index in [4.69, 9.17) is 13.9 Å². The molecule has 0 amide bonds. The Morgan fingerprint density at radius 3 is 2.71 bits per heavy atom. The van der Waals surface area contributed by atoms with Gasteiger partial charge in [-0.3, -0.25) is 0 Å². The molecule has 1 heterocycles. The van der Waals surface area contributed by atoms with Crippen LogP contribution in [0.3, 0.4) is 0 Å². The number of rotatable bonds is 9. The number of ether oxygens (including phenoxy) is 2. The van der Waals surface area contributed by atoms with Crippen LogP contribution in [0, 0.1) is 0 Å². The van der Waals surface area contributed by atoms with Crippen LogP contribution in [0.5, 0.6) is 0 Å². The Hall–Kier alpha value is -0.840. The van der Waals surface area contributed by atoms with Crippen LogP contribution in [0.15, 0.2) is 16.5 Å². The molecule has 0 aliphatic rings. The van der Waals surface area contributed by atoms with Crippen LogP contribution in [0.4, 0.5) is 0 Å². The average molecular weight is 241 g/mol. The zero-order valence-electron chi connectivity index (χ0n) is 11.0. The van der Waals surface area contributed by atoms with Gasteiger partial charge in [0.15, 0.2) is 0 Å². The molecule has 0 fully saturated rings. The molecule has 0 saturated carbocycles. The van der Waals surface area contributed by atoms with Crippen LogP contribution in [0.1, 0.15) is 31.8 Å². The van der Waals surface area contributed by atoms with E-state index in [0.29, 0.717) is 19.3 Å². The van der Waals surface area contributed by atoms with Gasteiger partial charge >= 0.3 is 0 Å². The molecule has 17 heavy (non-hydrogen) atoms. The van der Waals surface area contributed by atoms with Gasteiger partial charge in [0.2, 0.25) is 0 Å². The fourth-order valence-corrected chi connectivity index (χ4v) is 1.38. The van der Waals surface area contributed by atoms with Crippen molar-refractivity contribution in [2.24, 2.45) is 0 Å². The molecular weight excluding hydrogens is 218 g/mol. The zero-order chi connectivity index (χ0) is 12.5. The summed E-state index contributed by atoms with van der Waals surface area (Å²) < 4.78 is 16.0. The third-order valence-electron chi connectivity index (χ3n) is 2.28. The fraction of sp³-hybridized carbons (Fsp3) is 0.692. The number of hydrogen-bond donors (Lipinski definition) is 1. The van der Waals surface area contributed by atoms with Crippen molar-refractivity contribution in [3.05, 3.63) is 23.7 Å². The molecule has 1 rings (SSSR count). The summed E-state index contributed by atoms with van der Waals surface area (Å²) in [6.07, 6.45) is 0.916. The largest absolute Gasteiger partial charge is 0.462 e. The van der Waals surface area contributed by atoms with Crippen molar-refractivity contribution in [1.82, 2.24) is 5.32 Å². The van der Waals surface area contributed by atoms with Gasteiger partial charge in [-0.1, -0.05) is 13.8 Å². The first-order valence-corrected chi connectivity index (χ1v) is 6.10. The maximum absolute atomic E-state index is 5.62. The van der Waals surface area contributed by atoms with Gasteiger partial charge in [0.1, 0.15) is 18.1 Å². The van der Waals surface area contributed by atoms with Crippen molar-refractivity contribution >= 4 is 0 Å². The minimum absolute atomic E-state index is 0.467.